The van der Waals surface area contributed by atoms with Crippen LogP contribution in [0, 0.1) is 10.1 Å². The van der Waals surface area contributed by atoms with Gasteiger partial charge in [0, 0.05) is 32.9 Å². The molecule has 0 radical (unpaired) electrons. The van der Waals surface area contributed by atoms with Crippen molar-refractivity contribution in [1.82, 2.24) is 0 Å². The fraction of sp³-hybridized carbons (Fsp3) is 0.0833. The lowest BCUT2D eigenvalue weighted by Crippen LogP contribution is -2.12. The number of hydrogen-bond acceptors (Lipinski definition) is 5. The van der Waals surface area contributed by atoms with Crippen molar-refractivity contribution in [2.45, 2.75) is 6.54 Å². The molecule has 0 bridgehead atoms. The smallest absolute Gasteiger partial charge is 0.292 e. The predicted molar refractivity (Wildman–Crippen MR) is 81.0 cm³/mol. The molecule has 1 aromatic heterocycles. The standard InChI is InChI=1S/C12H10BrN3O3S/c13-8-4-9(20-6-8)5-15-10-3-7(12(14)17)1-2-11(10)16(18)19/h1-4,6,15H,5H2,(H2,14,17). The molecule has 0 aliphatic heterocycles. The summed E-state index contributed by atoms with van der Waals surface area (Å²) in [7, 11) is 0. The van der Waals surface area contributed by atoms with Crippen molar-refractivity contribution in [2.24, 2.45) is 5.73 Å². The highest BCUT2D eigenvalue weighted by Crippen LogP contribution is 2.27. The first-order chi connectivity index (χ1) is 9.47. The van der Waals surface area contributed by atoms with E-state index in [1.807, 2.05) is 11.4 Å². The molecule has 3 N–H and O–H groups in total. The lowest BCUT2D eigenvalue weighted by atomic mass is 10.1. The van der Waals surface area contributed by atoms with E-state index in [-0.39, 0.29) is 16.9 Å². The Morgan fingerprint density at radius 2 is 2.20 bits per heavy atom. The number of anilines is 1. The van der Waals surface area contributed by atoms with E-state index in [1.165, 1.54) is 29.5 Å². The number of hydrogen-bond donors (Lipinski definition) is 2. The number of benzene rings is 1. The summed E-state index contributed by atoms with van der Waals surface area (Å²) >= 11 is 4.86. The zero-order chi connectivity index (χ0) is 14.7. The van der Waals surface area contributed by atoms with E-state index in [4.69, 9.17) is 5.73 Å². The van der Waals surface area contributed by atoms with E-state index in [0.29, 0.717) is 6.54 Å². The van der Waals surface area contributed by atoms with Crippen LogP contribution >= 0.6 is 27.3 Å². The fourth-order valence-corrected chi connectivity index (χ4v) is 3.01. The molecule has 0 fully saturated rings. The Morgan fingerprint density at radius 1 is 1.45 bits per heavy atom. The molecule has 20 heavy (non-hydrogen) atoms. The topological polar surface area (TPSA) is 98.3 Å². The number of rotatable bonds is 5. The largest absolute Gasteiger partial charge is 0.375 e. The Labute approximate surface area is 126 Å². The van der Waals surface area contributed by atoms with Gasteiger partial charge in [0.05, 0.1) is 4.92 Å². The van der Waals surface area contributed by atoms with Gasteiger partial charge < -0.3 is 11.1 Å². The van der Waals surface area contributed by atoms with Gasteiger partial charge in [-0.3, -0.25) is 14.9 Å². The Morgan fingerprint density at radius 3 is 2.75 bits per heavy atom. The summed E-state index contributed by atoms with van der Waals surface area (Å²) in [5.41, 5.74) is 5.59. The monoisotopic (exact) mass is 355 g/mol. The predicted octanol–water partition coefficient (Wildman–Crippen LogP) is 3.13. The van der Waals surface area contributed by atoms with Crippen molar-refractivity contribution in [2.75, 3.05) is 5.32 Å². The maximum absolute atomic E-state index is 11.1. The van der Waals surface area contributed by atoms with E-state index < -0.39 is 10.8 Å². The van der Waals surface area contributed by atoms with Crippen molar-refractivity contribution in [3.8, 4) is 0 Å². The Balaban J connectivity index is 2.25. The van der Waals surface area contributed by atoms with Gasteiger partial charge in [0.15, 0.2) is 0 Å². The van der Waals surface area contributed by atoms with Gasteiger partial charge in [-0.2, -0.15) is 0 Å². The van der Waals surface area contributed by atoms with Crippen LogP contribution in [0.5, 0.6) is 0 Å². The molecule has 8 heteroatoms. The van der Waals surface area contributed by atoms with E-state index in [0.717, 1.165) is 9.35 Å². The summed E-state index contributed by atoms with van der Waals surface area (Å²) in [6.45, 7) is 0.430. The summed E-state index contributed by atoms with van der Waals surface area (Å²) in [6, 6.07) is 5.92. The lowest BCUT2D eigenvalue weighted by Gasteiger charge is -2.07. The number of nitrogens with one attached hydrogen (secondary N) is 1. The molecule has 6 nitrogen and oxygen atoms in total. The van der Waals surface area contributed by atoms with Gasteiger partial charge in [-0.05, 0) is 34.1 Å². The van der Waals surface area contributed by atoms with Gasteiger partial charge in [0.25, 0.3) is 5.69 Å². The summed E-state index contributed by atoms with van der Waals surface area (Å²) in [6.07, 6.45) is 0. The third-order valence-corrected chi connectivity index (χ3v) is 4.25. The van der Waals surface area contributed by atoms with Gasteiger partial charge in [0.2, 0.25) is 5.91 Å². The molecule has 104 valence electrons. The van der Waals surface area contributed by atoms with Crippen LogP contribution in [0.15, 0.2) is 34.1 Å². The molecule has 2 rings (SSSR count). The Hall–Kier alpha value is -1.93. The Bertz CT molecular complexity index is 672. The number of halogens is 1. The minimum absolute atomic E-state index is 0.0920. The van der Waals surface area contributed by atoms with Gasteiger partial charge >= 0.3 is 0 Å². The summed E-state index contributed by atoms with van der Waals surface area (Å²) in [5, 5.41) is 15.8. The van der Waals surface area contributed by atoms with E-state index in [2.05, 4.69) is 21.2 Å². The molecule has 0 atom stereocenters. The van der Waals surface area contributed by atoms with Crippen molar-refractivity contribution < 1.29 is 9.72 Å². The number of nitrogens with zero attached hydrogens (tertiary/aromatic N) is 1. The molecular formula is C12H10BrN3O3S. The van der Waals surface area contributed by atoms with Gasteiger partial charge in [0.1, 0.15) is 5.69 Å². The molecule has 0 saturated carbocycles. The SMILES string of the molecule is NC(=O)c1ccc([N+](=O)[O-])c(NCc2cc(Br)cs2)c1. The molecule has 1 heterocycles. The first-order valence-electron chi connectivity index (χ1n) is 5.52. The summed E-state index contributed by atoms with van der Waals surface area (Å²) in [4.78, 5) is 22.6. The van der Waals surface area contributed by atoms with Crippen LogP contribution in [-0.4, -0.2) is 10.8 Å². The van der Waals surface area contributed by atoms with Crippen LogP contribution in [0.2, 0.25) is 0 Å². The molecule has 0 unspecified atom stereocenters. The molecule has 0 saturated heterocycles. The van der Waals surface area contributed by atoms with Crippen molar-refractivity contribution in [3.05, 3.63) is 54.7 Å². The molecule has 0 aliphatic carbocycles. The first kappa shape index (κ1) is 14.5. The van der Waals surface area contributed by atoms with Gasteiger partial charge in [-0.1, -0.05) is 0 Å². The summed E-state index contributed by atoms with van der Waals surface area (Å²) in [5.74, 6) is -0.623. The second kappa shape index (κ2) is 6.02. The number of primary amides is 1. The summed E-state index contributed by atoms with van der Waals surface area (Å²) < 4.78 is 0.958. The van der Waals surface area contributed by atoms with Crippen molar-refractivity contribution >= 4 is 44.5 Å². The fourth-order valence-electron chi connectivity index (χ4n) is 1.62. The average Bonchev–Trinajstić information content (AvgIpc) is 2.81. The third-order valence-electron chi connectivity index (χ3n) is 2.55. The zero-order valence-corrected chi connectivity index (χ0v) is 12.5. The highest BCUT2D eigenvalue weighted by Gasteiger charge is 2.15. The number of thiophene rings is 1. The van der Waals surface area contributed by atoms with Gasteiger partial charge in [-0.15, -0.1) is 11.3 Å². The van der Waals surface area contributed by atoms with Crippen LogP contribution < -0.4 is 11.1 Å². The first-order valence-corrected chi connectivity index (χ1v) is 7.19. The molecular weight excluding hydrogens is 346 g/mol. The van der Waals surface area contributed by atoms with Crippen molar-refractivity contribution in [1.29, 1.82) is 0 Å². The molecule has 0 aliphatic rings. The second-order valence-electron chi connectivity index (χ2n) is 3.94. The maximum Gasteiger partial charge on any atom is 0.292 e. The molecule has 1 aromatic carbocycles. The Kier molecular flexibility index (Phi) is 4.35. The zero-order valence-electron chi connectivity index (χ0n) is 10.1. The molecule has 1 amide bonds. The quantitative estimate of drug-likeness (QED) is 0.635. The number of nitro benzene ring substituents is 1. The van der Waals surface area contributed by atoms with Crippen LogP contribution in [0.4, 0.5) is 11.4 Å². The number of carbonyl (C=O) groups excluding carboxylic acids is 1. The second-order valence-corrected chi connectivity index (χ2v) is 5.85. The molecule has 2 aromatic rings. The maximum atomic E-state index is 11.1. The van der Waals surface area contributed by atoms with Crippen LogP contribution in [-0.2, 0) is 6.54 Å². The minimum Gasteiger partial charge on any atom is -0.375 e. The molecule has 0 spiro atoms. The lowest BCUT2D eigenvalue weighted by molar-refractivity contribution is -0.384. The van der Waals surface area contributed by atoms with E-state index in [1.54, 1.807) is 0 Å². The number of amides is 1. The van der Waals surface area contributed by atoms with E-state index >= 15 is 0 Å². The van der Waals surface area contributed by atoms with Gasteiger partial charge in [-0.25, -0.2) is 0 Å². The van der Waals surface area contributed by atoms with Crippen LogP contribution in [0.1, 0.15) is 15.2 Å². The average molecular weight is 356 g/mol. The van der Waals surface area contributed by atoms with Crippen molar-refractivity contribution in [3.63, 3.8) is 0 Å². The van der Waals surface area contributed by atoms with E-state index in [9.17, 15) is 14.9 Å². The number of nitrogens with two attached hydrogens (primary N) is 1. The minimum atomic E-state index is -0.623. The third kappa shape index (κ3) is 3.34. The number of nitro groups is 1. The number of carbonyl (C=O) groups is 1. The van der Waals surface area contributed by atoms with Crippen LogP contribution in [0.25, 0.3) is 0 Å². The highest BCUT2D eigenvalue weighted by molar-refractivity contribution is 9.10. The highest BCUT2D eigenvalue weighted by atomic mass is 79.9. The van der Waals surface area contributed by atoms with Crippen LogP contribution in [0.3, 0.4) is 0 Å². The normalized spacial score (nSPS) is 10.2.